The molecule has 164 valence electrons. The fourth-order valence-corrected chi connectivity index (χ4v) is 2.81. The Morgan fingerprint density at radius 2 is 1.80 bits per heavy atom. The summed E-state index contributed by atoms with van der Waals surface area (Å²) in [4.78, 5) is 16.1. The van der Waals surface area contributed by atoms with Crippen molar-refractivity contribution in [2.24, 2.45) is 4.99 Å². The van der Waals surface area contributed by atoms with E-state index in [4.69, 9.17) is 23.2 Å². The van der Waals surface area contributed by atoms with Gasteiger partial charge in [0.15, 0.2) is 5.96 Å². The lowest BCUT2D eigenvalue weighted by Crippen LogP contribution is -2.41. The molecular formula is C19H21Cl2F2IN4O2. The molecule has 0 saturated heterocycles. The Morgan fingerprint density at radius 1 is 1.10 bits per heavy atom. The summed E-state index contributed by atoms with van der Waals surface area (Å²) in [6.45, 7) is -2.07. The number of ether oxygens (including phenoxy) is 1. The van der Waals surface area contributed by atoms with Gasteiger partial charge < -0.3 is 20.7 Å². The fraction of sp³-hybridized carbons (Fsp3) is 0.263. The van der Waals surface area contributed by atoms with Gasteiger partial charge >= 0.3 is 6.61 Å². The van der Waals surface area contributed by atoms with E-state index in [1.54, 1.807) is 31.3 Å². The first-order valence-electron chi connectivity index (χ1n) is 8.61. The molecule has 0 aliphatic rings. The molecule has 0 aromatic heterocycles. The molecule has 6 nitrogen and oxygen atoms in total. The molecule has 0 bridgehead atoms. The van der Waals surface area contributed by atoms with Gasteiger partial charge in [-0.25, -0.2) is 0 Å². The molecule has 0 spiro atoms. The molecule has 2 aromatic rings. The van der Waals surface area contributed by atoms with Crippen LogP contribution in [0, 0.1) is 0 Å². The lowest BCUT2D eigenvalue weighted by Gasteiger charge is -2.15. The van der Waals surface area contributed by atoms with Crippen molar-refractivity contribution in [1.29, 1.82) is 0 Å². The van der Waals surface area contributed by atoms with Crippen LogP contribution in [0.5, 0.6) is 5.75 Å². The Balaban J connectivity index is 0.00000450. The molecular weight excluding hydrogens is 552 g/mol. The predicted molar refractivity (Wildman–Crippen MR) is 125 cm³/mol. The standard InChI is InChI=1S/C19H20Cl2F2N4O2.HI/c1-24-19(26-9-8-25-17(28)14-4-2-3-5-15(14)21)27-11-12-10-13(20)6-7-16(12)29-18(22)23;/h2-7,10,18H,8-9,11H2,1H3,(H,25,28)(H2,24,26,27);1H. The first-order chi connectivity index (χ1) is 13.9. The number of benzene rings is 2. The van der Waals surface area contributed by atoms with Crippen molar-refractivity contribution in [2.45, 2.75) is 13.2 Å². The number of carbonyl (C=O) groups is 1. The van der Waals surface area contributed by atoms with Crippen LogP contribution in [0.3, 0.4) is 0 Å². The minimum absolute atomic E-state index is 0. The Bertz CT molecular complexity index is 872. The number of nitrogens with zero attached hydrogens (tertiary/aromatic N) is 1. The number of amides is 1. The highest BCUT2D eigenvalue weighted by Gasteiger charge is 2.11. The second-order valence-corrected chi connectivity index (χ2v) is 6.56. The second kappa shape index (κ2) is 13.5. The third-order valence-corrected chi connectivity index (χ3v) is 4.29. The van der Waals surface area contributed by atoms with Gasteiger partial charge in [-0.3, -0.25) is 9.79 Å². The minimum atomic E-state index is -2.94. The molecule has 30 heavy (non-hydrogen) atoms. The van der Waals surface area contributed by atoms with Crippen molar-refractivity contribution < 1.29 is 18.3 Å². The molecule has 0 unspecified atom stereocenters. The normalized spacial score (nSPS) is 10.9. The summed E-state index contributed by atoms with van der Waals surface area (Å²) in [7, 11) is 1.56. The highest BCUT2D eigenvalue weighted by Crippen LogP contribution is 2.24. The molecule has 0 atom stereocenters. The number of guanidine groups is 1. The average molecular weight is 573 g/mol. The van der Waals surface area contributed by atoms with Gasteiger partial charge in [0.25, 0.3) is 5.91 Å². The third kappa shape index (κ3) is 8.49. The maximum absolute atomic E-state index is 12.5. The summed E-state index contributed by atoms with van der Waals surface area (Å²) in [5, 5.41) is 9.49. The topological polar surface area (TPSA) is 74.8 Å². The summed E-state index contributed by atoms with van der Waals surface area (Å²) < 4.78 is 29.6. The summed E-state index contributed by atoms with van der Waals surface area (Å²) in [5.74, 6) is 0.160. The largest absolute Gasteiger partial charge is 0.434 e. The van der Waals surface area contributed by atoms with Crippen LogP contribution in [0.1, 0.15) is 15.9 Å². The third-order valence-electron chi connectivity index (χ3n) is 3.73. The van der Waals surface area contributed by atoms with Gasteiger partial charge in [0.2, 0.25) is 0 Å². The zero-order valence-electron chi connectivity index (χ0n) is 15.9. The predicted octanol–water partition coefficient (Wildman–Crippen LogP) is 4.31. The molecule has 0 saturated carbocycles. The van der Waals surface area contributed by atoms with Crippen molar-refractivity contribution in [3.8, 4) is 5.75 Å². The molecule has 0 radical (unpaired) electrons. The van der Waals surface area contributed by atoms with E-state index in [0.717, 1.165) is 0 Å². The van der Waals surface area contributed by atoms with Crippen molar-refractivity contribution in [3.05, 3.63) is 63.6 Å². The molecule has 2 rings (SSSR count). The van der Waals surface area contributed by atoms with Crippen LogP contribution in [-0.4, -0.2) is 38.6 Å². The van der Waals surface area contributed by atoms with Gasteiger partial charge in [0.05, 0.1) is 10.6 Å². The molecule has 0 fully saturated rings. The van der Waals surface area contributed by atoms with Gasteiger partial charge in [0.1, 0.15) is 5.75 Å². The smallest absolute Gasteiger partial charge is 0.387 e. The number of nitrogens with one attached hydrogen (secondary N) is 3. The van der Waals surface area contributed by atoms with Gasteiger partial charge in [-0.05, 0) is 30.3 Å². The van der Waals surface area contributed by atoms with Gasteiger partial charge in [-0.15, -0.1) is 24.0 Å². The summed E-state index contributed by atoms with van der Waals surface area (Å²) in [6, 6.07) is 11.1. The number of rotatable bonds is 8. The van der Waals surface area contributed by atoms with E-state index in [2.05, 4.69) is 25.7 Å². The van der Waals surface area contributed by atoms with E-state index in [1.807, 2.05) is 0 Å². The molecule has 1 amide bonds. The van der Waals surface area contributed by atoms with Crippen LogP contribution in [0.15, 0.2) is 47.5 Å². The number of aliphatic imine (C=N–C) groups is 1. The van der Waals surface area contributed by atoms with Crippen LogP contribution >= 0.6 is 47.2 Å². The van der Waals surface area contributed by atoms with Crippen molar-refractivity contribution >= 4 is 59.0 Å². The van der Waals surface area contributed by atoms with Crippen molar-refractivity contribution in [2.75, 3.05) is 20.1 Å². The van der Waals surface area contributed by atoms with Gasteiger partial charge in [0, 0.05) is 37.3 Å². The lowest BCUT2D eigenvalue weighted by molar-refractivity contribution is -0.0504. The zero-order valence-corrected chi connectivity index (χ0v) is 19.8. The number of hydrogen-bond acceptors (Lipinski definition) is 3. The maximum atomic E-state index is 12.5. The van der Waals surface area contributed by atoms with Crippen molar-refractivity contribution in [3.63, 3.8) is 0 Å². The Hall–Kier alpha value is -1.85. The van der Waals surface area contributed by atoms with Crippen LogP contribution in [0.2, 0.25) is 10.0 Å². The molecule has 11 heteroatoms. The maximum Gasteiger partial charge on any atom is 0.387 e. The molecule has 0 heterocycles. The van der Waals surface area contributed by atoms with Gasteiger partial charge in [-0.1, -0.05) is 35.3 Å². The summed E-state index contributed by atoms with van der Waals surface area (Å²) in [6.07, 6.45) is 0. The Morgan fingerprint density at radius 3 is 2.47 bits per heavy atom. The zero-order chi connectivity index (χ0) is 21.2. The molecule has 0 aliphatic carbocycles. The first-order valence-corrected chi connectivity index (χ1v) is 9.36. The van der Waals surface area contributed by atoms with E-state index in [9.17, 15) is 13.6 Å². The SMILES string of the molecule is CN=C(NCCNC(=O)c1ccccc1Cl)NCc1cc(Cl)ccc1OC(F)F.I. The molecule has 2 aromatic carbocycles. The fourth-order valence-electron chi connectivity index (χ4n) is 2.39. The van der Waals surface area contributed by atoms with E-state index in [0.29, 0.717) is 40.2 Å². The average Bonchev–Trinajstić information content (AvgIpc) is 2.69. The van der Waals surface area contributed by atoms with E-state index in [1.165, 1.54) is 18.2 Å². The van der Waals surface area contributed by atoms with Crippen LogP contribution < -0.4 is 20.7 Å². The van der Waals surface area contributed by atoms with E-state index in [-0.39, 0.29) is 42.2 Å². The van der Waals surface area contributed by atoms with E-state index >= 15 is 0 Å². The Labute approximate surface area is 200 Å². The highest BCUT2D eigenvalue weighted by atomic mass is 127. The lowest BCUT2D eigenvalue weighted by atomic mass is 10.2. The van der Waals surface area contributed by atoms with Crippen LogP contribution in [-0.2, 0) is 6.54 Å². The first kappa shape index (κ1) is 26.2. The molecule has 3 N–H and O–H groups in total. The highest BCUT2D eigenvalue weighted by molar-refractivity contribution is 14.0. The van der Waals surface area contributed by atoms with Crippen molar-refractivity contribution in [1.82, 2.24) is 16.0 Å². The molecule has 0 aliphatic heterocycles. The quantitative estimate of drug-likeness (QED) is 0.191. The van der Waals surface area contributed by atoms with Crippen LogP contribution in [0.4, 0.5) is 8.78 Å². The van der Waals surface area contributed by atoms with Crippen LogP contribution in [0.25, 0.3) is 0 Å². The number of alkyl halides is 2. The summed E-state index contributed by atoms with van der Waals surface area (Å²) >= 11 is 11.9. The number of hydrogen-bond donors (Lipinski definition) is 3. The Kier molecular flexibility index (Phi) is 11.7. The monoisotopic (exact) mass is 572 g/mol. The number of halogens is 5. The summed E-state index contributed by atoms with van der Waals surface area (Å²) in [5.41, 5.74) is 0.844. The van der Waals surface area contributed by atoms with E-state index < -0.39 is 6.61 Å². The van der Waals surface area contributed by atoms with Gasteiger partial charge in [-0.2, -0.15) is 8.78 Å². The minimum Gasteiger partial charge on any atom is -0.434 e. The second-order valence-electron chi connectivity index (χ2n) is 5.72. The number of carbonyl (C=O) groups excluding carboxylic acids is 1.